The maximum Gasteiger partial charge on any atom is 0.248 e. The van der Waals surface area contributed by atoms with Gasteiger partial charge in [0.15, 0.2) is 0 Å². The zero-order chi connectivity index (χ0) is 15.1. The van der Waals surface area contributed by atoms with Crippen LogP contribution in [0.2, 0.25) is 0 Å². The van der Waals surface area contributed by atoms with Gasteiger partial charge in [-0.05, 0) is 51.5 Å². The molecule has 0 aromatic carbocycles. The zero-order valence-corrected chi connectivity index (χ0v) is 13.4. The molecule has 0 saturated carbocycles. The summed E-state index contributed by atoms with van der Waals surface area (Å²) in [6.07, 6.45) is 5.59. The van der Waals surface area contributed by atoms with Gasteiger partial charge in [0.25, 0.3) is 0 Å². The molecule has 2 heterocycles. The first-order valence-corrected chi connectivity index (χ1v) is 8.41. The van der Waals surface area contributed by atoms with Crippen LogP contribution in [0.25, 0.3) is 0 Å². The Bertz CT molecular complexity index is 319. The van der Waals surface area contributed by atoms with E-state index < -0.39 is 6.10 Å². The zero-order valence-electron chi connectivity index (χ0n) is 13.4. The highest BCUT2D eigenvalue weighted by molar-refractivity contribution is 5.80. The SMILES string of the molecule is C[C@H](OC[C@@H]1CCCCO1)C(=O)NC[C@@H]1NCCC[C@@H]1C. The Kier molecular flexibility index (Phi) is 6.93. The summed E-state index contributed by atoms with van der Waals surface area (Å²) in [5.74, 6) is 0.594. The number of carbonyl (C=O) groups is 1. The first-order chi connectivity index (χ1) is 10.2. The topological polar surface area (TPSA) is 59.6 Å². The minimum absolute atomic E-state index is 0.0228. The van der Waals surface area contributed by atoms with E-state index >= 15 is 0 Å². The molecule has 0 aromatic heterocycles. The van der Waals surface area contributed by atoms with Crippen molar-refractivity contribution in [3.05, 3.63) is 0 Å². The predicted molar refractivity (Wildman–Crippen MR) is 82.2 cm³/mol. The molecule has 2 aliphatic rings. The molecule has 0 unspecified atom stereocenters. The van der Waals surface area contributed by atoms with Crippen LogP contribution < -0.4 is 10.6 Å². The summed E-state index contributed by atoms with van der Waals surface area (Å²) in [7, 11) is 0. The lowest BCUT2D eigenvalue weighted by Gasteiger charge is -2.30. The molecule has 2 N–H and O–H groups in total. The predicted octanol–water partition coefficient (Wildman–Crippen LogP) is 1.46. The maximum absolute atomic E-state index is 12.1. The van der Waals surface area contributed by atoms with Crippen molar-refractivity contribution in [3.8, 4) is 0 Å². The molecule has 2 rings (SSSR count). The van der Waals surface area contributed by atoms with Gasteiger partial charge in [-0.15, -0.1) is 0 Å². The van der Waals surface area contributed by atoms with Crippen LogP contribution in [0.4, 0.5) is 0 Å². The van der Waals surface area contributed by atoms with Crippen LogP contribution in [0, 0.1) is 5.92 Å². The highest BCUT2D eigenvalue weighted by atomic mass is 16.5. The Balaban J connectivity index is 1.62. The second-order valence-corrected chi connectivity index (χ2v) is 6.39. The van der Waals surface area contributed by atoms with E-state index in [1.165, 1.54) is 19.3 Å². The first kappa shape index (κ1) is 16.7. The fraction of sp³-hybridized carbons (Fsp3) is 0.938. The second-order valence-electron chi connectivity index (χ2n) is 6.39. The van der Waals surface area contributed by atoms with E-state index in [2.05, 4.69) is 17.6 Å². The van der Waals surface area contributed by atoms with Crippen molar-refractivity contribution in [1.82, 2.24) is 10.6 Å². The van der Waals surface area contributed by atoms with Gasteiger partial charge in [-0.3, -0.25) is 4.79 Å². The summed E-state index contributed by atoms with van der Waals surface area (Å²) in [6.45, 7) is 7.13. The van der Waals surface area contributed by atoms with Crippen molar-refractivity contribution in [2.75, 3.05) is 26.3 Å². The molecule has 0 radical (unpaired) electrons. The van der Waals surface area contributed by atoms with E-state index in [1.807, 2.05) is 6.92 Å². The van der Waals surface area contributed by atoms with Crippen LogP contribution >= 0.6 is 0 Å². The second kappa shape index (κ2) is 8.71. The third-order valence-corrected chi connectivity index (χ3v) is 4.60. The van der Waals surface area contributed by atoms with Crippen LogP contribution in [-0.4, -0.2) is 50.5 Å². The molecule has 4 atom stereocenters. The maximum atomic E-state index is 12.1. The molecule has 0 bridgehead atoms. The van der Waals surface area contributed by atoms with Crippen molar-refractivity contribution in [2.24, 2.45) is 5.92 Å². The van der Waals surface area contributed by atoms with Crippen molar-refractivity contribution < 1.29 is 14.3 Å². The van der Waals surface area contributed by atoms with E-state index in [0.29, 0.717) is 25.1 Å². The largest absolute Gasteiger partial charge is 0.376 e. The van der Waals surface area contributed by atoms with E-state index in [1.54, 1.807) is 0 Å². The molecular formula is C16H30N2O3. The van der Waals surface area contributed by atoms with Crippen LogP contribution in [0.5, 0.6) is 0 Å². The number of amides is 1. The Morgan fingerprint density at radius 1 is 1.38 bits per heavy atom. The number of ether oxygens (including phenoxy) is 2. The average Bonchev–Trinajstić information content (AvgIpc) is 2.52. The number of rotatable bonds is 6. The molecule has 5 nitrogen and oxygen atoms in total. The molecular weight excluding hydrogens is 268 g/mol. The number of hydrogen-bond acceptors (Lipinski definition) is 4. The summed E-state index contributed by atoms with van der Waals surface area (Å²) in [6, 6.07) is 0.386. The minimum Gasteiger partial charge on any atom is -0.376 e. The fourth-order valence-corrected chi connectivity index (χ4v) is 3.01. The van der Waals surface area contributed by atoms with E-state index in [4.69, 9.17) is 9.47 Å². The third-order valence-electron chi connectivity index (χ3n) is 4.60. The van der Waals surface area contributed by atoms with Gasteiger partial charge in [-0.1, -0.05) is 6.92 Å². The van der Waals surface area contributed by atoms with Gasteiger partial charge >= 0.3 is 0 Å². The summed E-state index contributed by atoms with van der Waals surface area (Å²) < 4.78 is 11.3. The summed E-state index contributed by atoms with van der Waals surface area (Å²) in [4.78, 5) is 12.1. The number of hydrogen-bond donors (Lipinski definition) is 2. The molecule has 0 aliphatic carbocycles. The summed E-state index contributed by atoms with van der Waals surface area (Å²) in [5, 5.41) is 6.47. The molecule has 1 amide bonds. The highest BCUT2D eigenvalue weighted by Gasteiger charge is 2.23. The quantitative estimate of drug-likeness (QED) is 0.779. The van der Waals surface area contributed by atoms with Gasteiger partial charge < -0.3 is 20.1 Å². The fourth-order valence-electron chi connectivity index (χ4n) is 3.01. The molecule has 2 saturated heterocycles. The number of nitrogens with one attached hydrogen (secondary N) is 2. The summed E-state index contributed by atoms with van der Waals surface area (Å²) in [5.41, 5.74) is 0. The van der Waals surface area contributed by atoms with E-state index in [-0.39, 0.29) is 12.0 Å². The summed E-state index contributed by atoms with van der Waals surface area (Å²) >= 11 is 0. The number of piperidine rings is 1. The lowest BCUT2D eigenvalue weighted by molar-refractivity contribution is -0.135. The average molecular weight is 298 g/mol. The van der Waals surface area contributed by atoms with Gasteiger partial charge in [-0.25, -0.2) is 0 Å². The molecule has 0 aromatic rings. The molecule has 122 valence electrons. The van der Waals surface area contributed by atoms with Gasteiger partial charge in [0.2, 0.25) is 5.91 Å². The van der Waals surface area contributed by atoms with E-state index in [0.717, 1.165) is 26.0 Å². The molecule has 2 fully saturated rings. The van der Waals surface area contributed by atoms with Crippen LogP contribution in [0.15, 0.2) is 0 Å². The van der Waals surface area contributed by atoms with Gasteiger partial charge in [-0.2, -0.15) is 0 Å². The van der Waals surface area contributed by atoms with Crippen molar-refractivity contribution in [3.63, 3.8) is 0 Å². The smallest absolute Gasteiger partial charge is 0.248 e. The molecule has 2 aliphatic heterocycles. The lowest BCUT2D eigenvalue weighted by Crippen LogP contribution is -2.49. The first-order valence-electron chi connectivity index (χ1n) is 8.41. The Morgan fingerprint density at radius 2 is 2.24 bits per heavy atom. The van der Waals surface area contributed by atoms with E-state index in [9.17, 15) is 4.79 Å². The number of carbonyl (C=O) groups excluding carboxylic acids is 1. The highest BCUT2D eigenvalue weighted by Crippen LogP contribution is 2.15. The Hall–Kier alpha value is -0.650. The minimum atomic E-state index is -0.408. The molecule has 21 heavy (non-hydrogen) atoms. The van der Waals surface area contributed by atoms with Crippen molar-refractivity contribution >= 4 is 5.91 Å². The van der Waals surface area contributed by atoms with Gasteiger partial charge in [0.05, 0.1) is 12.7 Å². The standard InChI is InChI=1S/C16H30N2O3/c1-12-6-5-8-17-15(12)10-18-16(19)13(2)21-11-14-7-3-4-9-20-14/h12-15,17H,3-11H2,1-2H3,(H,18,19)/t12-,13-,14-,15-/m0/s1. The van der Waals surface area contributed by atoms with Crippen LogP contribution in [0.1, 0.15) is 46.0 Å². The Morgan fingerprint density at radius 3 is 2.95 bits per heavy atom. The van der Waals surface area contributed by atoms with Gasteiger partial charge in [0.1, 0.15) is 6.10 Å². The Labute approximate surface area is 128 Å². The molecule has 5 heteroatoms. The third kappa shape index (κ3) is 5.57. The monoisotopic (exact) mass is 298 g/mol. The normalized spacial score (nSPS) is 31.6. The van der Waals surface area contributed by atoms with Crippen molar-refractivity contribution in [1.29, 1.82) is 0 Å². The molecule has 0 spiro atoms. The van der Waals surface area contributed by atoms with Crippen molar-refractivity contribution in [2.45, 2.75) is 64.2 Å². The van der Waals surface area contributed by atoms with Crippen LogP contribution in [-0.2, 0) is 14.3 Å². The van der Waals surface area contributed by atoms with Crippen LogP contribution in [0.3, 0.4) is 0 Å². The van der Waals surface area contributed by atoms with Gasteiger partial charge in [0, 0.05) is 19.2 Å². The lowest BCUT2D eigenvalue weighted by atomic mass is 9.93.